The van der Waals surface area contributed by atoms with Gasteiger partial charge in [-0.05, 0) is 12.0 Å². The summed E-state index contributed by atoms with van der Waals surface area (Å²) in [5.74, 6) is 0.0113. The van der Waals surface area contributed by atoms with Crippen LogP contribution in [0.2, 0.25) is 0 Å². The number of benzene rings is 1. The predicted octanol–water partition coefficient (Wildman–Crippen LogP) is 1.31. The molecule has 1 heterocycles. The van der Waals surface area contributed by atoms with Crippen molar-refractivity contribution in [1.29, 1.82) is 0 Å². The number of amides is 1. The number of carbonyl (C=O) groups excluding carboxylic acids is 1. The Kier molecular flexibility index (Phi) is 5.78. The third-order valence-corrected chi connectivity index (χ3v) is 6.11. The molecular formula is C16H25N3O3S. The van der Waals surface area contributed by atoms with E-state index < -0.39 is 10.2 Å². The van der Waals surface area contributed by atoms with E-state index in [4.69, 9.17) is 0 Å². The summed E-state index contributed by atoms with van der Waals surface area (Å²) in [7, 11) is -0.461. The van der Waals surface area contributed by atoms with Crippen LogP contribution in [0.15, 0.2) is 30.3 Å². The van der Waals surface area contributed by atoms with Crippen LogP contribution in [0, 0.1) is 0 Å². The molecule has 1 amide bonds. The van der Waals surface area contributed by atoms with E-state index in [9.17, 15) is 13.2 Å². The summed E-state index contributed by atoms with van der Waals surface area (Å²) in [5, 5.41) is 0. The quantitative estimate of drug-likeness (QED) is 0.812. The summed E-state index contributed by atoms with van der Waals surface area (Å²) >= 11 is 0. The summed E-state index contributed by atoms with van der Waals surface area (Å²) in [5.41, 5.74) is 1.06. The molecule has 1 unspecified atom stereocenters. The van der Waals surface area contributed by atoms with Gasteiger partial charge in [0, 0.05) is 46.2 Å². The van der Waals surface area contributed by atoms with Gasteiger partial charge in [-0.15, -0.1) is 0 Å². The summed E-state index contributed by atoms with van der Waals surface area (Å²) < 4.78 is 27.4. The molecule has 1 aromatic carbocycles. The Bertz CT molecular complexity index is 631. The smallest absolute Gasteiger partial charge is 0.281 e. The topological polar surface area (TPSA) is 60.9 Å². The first-order valence-electron chi connectivity index (χ1n) is 7.87. The summed E-state index contributed by atoms with van der Waals surface area (Å²) in [6.07, 6.45) is 0.939. The molecule has 0 radical (unpaired) electrons. The highest BCUT2D eigenvalue weighted by Crippen LogP contribution is 2.20. The van der Waals surface area contributed by atoms with Gasteiger partial charge in [-0.1, -0.05) is 37.3 Å². The van der Waals surface area contributed by atoms with Crippen molar-refractivity contribution in [3.05, 3.63) is 35.9 Å². The lowest BCUT2D eigenvalue weighted by Crippen LogP contribution is -2.46. The largest absolute Gasteiger partial charge is 0.334 e. The fraction of sp³-hybridized carbons (Fsp3) is 0.562. The summed E-state index contributed by atoms with van der Waals surface area (Å²) in [4.78, 5) is 14.3. The van der Waals surface area contributed by atoms with Gasteiger partial charge in [0.25, 0.3) is 10.2 Å². The second kappa shape index (κ2) is 7.42. The molecule has 1 aromatic rings. The number of hydrogen-bond donors (Lipinski definition) is 0. The first-order chi connectivity index (χ1) is 10.9. The van der Waals surface area contributed by atoms with E-state index in [-0.39, 0.29) is 24.9 Å². The Hall–Kier alpha value is -1.44. The van der Waals surface area contributed by atoms with Gasteiger partial charge >= 0.3 is 0 Å². The third kappa shape index (κ3) is 4.10. The van der Waals surface area contributed by atoms with Crippen LogP contribution in [0.1, 0.15) is 25.3 Å². The first-order valence-corrected chi connectivity index (χ1v) is 9.27. The predicted molar refractivity (Wildman–Crippen MR) is 89.9 cm³/mol. The SMILES string of the molecule is CCC1CN(S(=O)(=O)N(C)C)CCC(=O)N1Cc1ccccc1. The van der Waals surface area contributed by atoms with Crippen LogP contribution in [0.4, 0.5) is 0 Å². The standard InChI is InChI=1S/C16H25N3O3S/c1-4-15-13-18(23(21,22)17(2)3)11-10-16(20)19(15)12-14-8-6-5-7-9-14/h5-9,15H,4,10-13H2,1-3H3. The Morgan fingerprint density at radius 2 is 1.87 bits per heavy atom. The molecule has 0 spiro atoms. The Morgan fingerprint density at radius 3 is 2.43 bits per heavy atom. The van der Waals surface area contributed by atoms with Gasteiger partial charge < -0.3 is 4.90 Å². The second-order valence-corrected chi connectivity index (χ2v) is 8.11. The van der Waals surface area contributed by atoms with Crippen LogP contribution in [0.3, 0.4) is 0 Å². The molecule has 0 N–H and O–H groups in total. The van der Waals surface area contributed by atoms with Gasteiger partial charge in [-0.2, -0.15) is 17.0 Å². The molecule has 1 aliphatic rings. The minimum Gasteiger partial charge on any atom is -0.334 e. The maximum absolute atomic E-state index is 12.5. The zero-order valence-electron chi connectivity index (χ0n) is 14.0. The molecule has 1 atom stereocenters. The lowest BCUT2D eigenvalue weighted by Gasteiger charge is -2.31. The van der Waals surface area contributed by atoms with E-state index in [1.54, 1.807) is 0 Å². The van der Waals surface area contributed by atoms with Crippen molar-refractivity contribution in [2.45, 2.75) is 32.4 Å². The van der Waals surface area contributed by atoms with Crippen molar-refractivity contribution in [3.63, 3.8) is 0 Å². The summed E-state index contributed by atoms with van der Waals surface area (Å²) in [6.45, 7) is 3.09. The van der Waals surface area contributed by atoms with Crippen LogP contribution in [-0.2, 0) is 21.5 Å². The number of nitrogens with zero attached hydrogens (tertiary/aromatic N) is 3. The van der Waals surface area contributed by atoms with Gasteiger partial charge in [0.05, 0.1) is 0 Å². The lowest BCUT2D eigenvalue weighted by molar-refractivity contribution is -0.133. The van der Waals surface area contributed by atoms with Crippen molar-refractivity contribution in [1.82, 2.24) is 13.5 Å². The number of carbonyl (C=O) groups is 1. The molecule has 2 rings (SSSR count). The van der Waals surface area contributed by atoms with Crippen LogP contribution in [0.5, 0.6) is 0 Å². The van der Waals surface area contributed by atoms with Crippen LogP contribution < -0.4 is 0 Å². The van der Waals surface area contributed by atoms with Gasteiger partial charge in [-0.3, -0.25) is 4.79 Å². The fourth-order valence-electron chi connectivity index (χ4n) is 2.78. The monoisotopic (exact) mass is 339 g/mol. The molecule has 0 aromatic heterocycles. The molecule has 128 valence electrons. The molecule has 0 saturated carbocycles. The average molecular weight is 339 g/mol. The van der Waals surface area contributed by atoms with E-state index in [0.717, 1.165) is 12.0 Å². The molecule has 1 fully saturated rings. The molecule has 1 aliphatic heterocycles. The average Bonchev–Trinajstić information content (AvgIpc) is 2.68. The van der Waals surface area contributed by atoms with Gasteiger partial charge in [0.1, 0.15) is 0 Å². The second-order valence-electron chi connectivity index (χ2n) is 5.97. The van der Waals surface area contributed by atoms with E-state index in [1.165, 1.54) is 22.7 Å². The van der Waals surface area contributed by atoms with E-state index >= 15 is 0 Å². The van der Waals surface area contributed by atoms with Crippen molar-refractivity contribution >= 4 is 16.1 Å². The molecule has 23 heavy (non-hydrogen) atoms. The highest BCUT2D eigenvalue weighted by Gasteiger charge is 2.34. The third-order valence-electron chi connectivity index (χ3n) is 4.21. The highest BCUT2D eigenvalue weighted by molar-refractivity contribution is 7.86. The van der Waals surface area contributed by atoms with Crippen molar-refractivity contribution in [2.24, 2.45) is 0 Å². The zero-order chi connectivity index (χ0) is 17.0. The zero-order valence-corrected chi connectivity index (χ0v) is 14.8. The molecule has 0 bridgehead atoms. The number of rotatable bonds is 5. The van der Waals surface area contributed by atoms with Crippen molar-refractivity contribution in [2.75, 3.05) is 27.2 Å². The van der Waals surface area contributed by atoms with E-state index in [0.29, 0.717) is 13.1 Å². The Balaban J connectivity index is 2.22. The minimum absolute atomic E-state index is 0.0113. The Morgan fingerprint density at radius 1 is 1.22 bits per heavy atom. The van der Waals surface area contributed by atoms with E-state index in [2.05, 4.69) is 0 Å². The molecule has 7 heteroatoms. The van der Waals surface area contributed by atoms with Gasteiger partial charge in [0.2, 0.25) is 5.91 Å². The fourth-order valence-corrected chi connectivity index (χ4v) is 3.92. The maximum atomic E-state index is 12.5. The van der Waals surface area contributed by atoms with Gasteiger partial charge in [0.15, 0.2) is 0 Å². The lowest BCUT2D eigenvalue weighted by atomic mass is 10.1. The van der Waals surface area contributed by atoms with Crippen molar-refractivity contribution in [3.8, 4) is 0 Å². The van der Waals surface area contributed by atoms with Crippen LogP contribution >= 0.6 is 0 Å². The molecular weight excluding hydrogens is 314 g/mol. The maximum Gasteiger partial charge on any atom is 0.281 e. The first kappa shape index (κ1) is 17.9. The number of hydrogen-bond acceptors (Lipinski definition) is 3. The summed E-state index contributed by atoms with van der Waals surface area (Å²) in [6, 6.07) is 9.69. The highest BCUT2D eigenvalue weighted by atomic mass is 32.2. The minimum atomic E-state index is -3.50. The Labute approximate surface area is 138 Å². The van der Waals surface area contributed by atoms with Crippen LogP contribution in [-0.4, -0.2) is 61.1 Å². The molecule has 1 saturated heterocycles. The van der Waals surface area contributed by atoms with Crippen LogP contribution in [0.25, 0.3) is 0 Å². The normalized spacial score (nSPS) is 20.8. The van der Waals surface area contributed by atoms with Crippen molar-refractivity contribution < 1.29 is 13.2 Å². The molecule has 6 nitrogen and oxygen atoms in total. The van der Waals surface area contributed by atoms with Gasteiger partial charge in [-0.25, -0.2) is 0 Å². The molecule has 0 aliphatic carbocycles. The van der Waals surface area contributed by atoms with E-state index in [1.807, 2.05) is 42.2 Å².